The summed E-state index contributed by atoms with van der Waals surface area (Å²) in [6, 6.07) is 12.1. The lowest BCUT2D eigenvalue weighted by atomic mass is 9.98. The van der Waals surface area contributed by atoms with Crippen molar-refractivity contribution in [3.05, 3.63) is 59.9 Å². The second-order valence-corrected chi connectivity index (χ2v) is 7.06. The SMILES string of the molecule is Cc1cc(Nc2cc(-c3cccnc3)nc(NCCCO)n2)ccc1C(C)C. The fourth-order valence-electron chi connectivity index (χ4n) is 3.08. The Morgan fingerprint density at radius 2 is 1.96 bits per heavy atom. The van der Waals surface area contributed by atoms with E-state index in [-0.39, 0.29) is 6.61 Å². The van der Waals surface area contributed by atoms with Gasteiger partial charge in [-0.2, -0.15) is 4.98 Å². The third-order valence-electron chi connectivity index (χ3n) is 4.47. The van der Waals surface area contributed by atoms with E-state index in [0.717, 1.165) is 16.9 Å². The molecule has 3 N–H and O–H groups in total. The van der Waals surface area contributed by atoms with E-state index in [4.69, 9.17) is 5.11 Å². The highest BCUT2D eigenvalue weighted by Crippen LogP contribution is 2.26. The maximum Gasteiger partial charge on any atom is 0.225 e. The number of benzene rings is 1. The van der Waals surface area contributed by atoms with Crippen molar-refractivity contribution >= 4 is 17.5 Å². The van der Waals surface area contributed by atoms with E-state index in [2.05, 4.69) is 64.6 Å². The molecule has 0 aliphatic carbocycles. The Morgan fingerprint density at radius 3 is 2.64 bits per heavy atom. The van der Waals surface area contributed by atoms with Crippen molar-refractivity contribution < 1.29 is 5.11 Å². The largest absolute Gasteiger partial charge is 0.396 e. The molecular formula is C22H27N5O. The number of nitrogens with zero attached hydrogens (tertiary/aromatic N) is 3. The van der Waals surface area contributed by atoms with Crippen molar-refractivity contribution in [1.82, 2.24) is 15.0 Å². The fraction of sp³-hybridized carbons (Fsp3) is 0.318. The van der Waals surface area contributed by atoms with Crippen LogP contribution in [-0.4, -0.2) is 33.2 Å². The van der Waals surface area contributed by atoms with Crippen LogP contribution in [0.2, 0.25) is 0 Å². The number of rotatable bonds is 8. The van der Waals surface area contributed by atoms with E-state index in [1.165, 1.54) is 11.1 Å². The van der Waals surface area contributed by atoms with Crippen LogP contribution in [0.15, 0.2) is 48.8 Å². The predicted octanol–water partition coefficient (Wildman–Crippen LogP) is 4.51. The van der Waals surface area contributed by atoms with Gasteiger partial charge in [0.1, 0.15) is 5.82 Å². The van der Waals surface area contributed by atoms with Gasteiger partial charge in [0.15, 0.2) is 0 Å². The highest BCUT2D eigenvalue weighted by Gasteiger charge is 2.09. The number of aliphatic hydroxyl groups excluding tert-OH is 1. The van der Waals surface area contributed by atoms with E-state index < -0.39 is 0 Å². The average Bonchev–Trinajstić information content (AvgIpc) is 2.68. The molecule has 3 aromatic rings. The summed E-state index contributed by atoms with van der Waals surface area (Å²) in [5.41, 5.74) is 5.29. The smallest absolute Gasteiger partial charge is 0.225 e. The highest BCUT2D eigenvalue weighted by atomic mass is 16.3. The zero-order valence-corrected chi connectivity index (χ0v) is 16.6. The van der Waals surface area contributed by atoms with E-state index in [9.17, 15) is 0 Å². The van der Waals surface area contributed by atoms with E-state index >= 15 is 0 Å². The molecule has 0 amide bonds. The van der Waals surface area contributed by atoms with Crippen LogP contribution in [0.3, 0.4) is 0 Å². The summed E-state index contributed by atoms with van der Waals surface area (Å²) in [5.74, 6) is 1.72. The van der Waals surface area contributed by atoms with E-state index in [1.54, 1.807) is 12.4 Å². The number of hydrogen-bond acceptors (Lipinski definition) is 6. The van der Waals surface area contributed by atoms with Gasteiger partial charge in [0.05, 0.1) is 5.69 Å². The first-order valence-corrected chi connectivity index (χ1v) is 9.58. The Labute approximate surface area is 166 Å². The zero-order chi connectivity index (χ0) is 19.9. The van der Waals surface area contributed by atoms with Gasteiger partial charge < -0.3 is 15.7 Å². The molecule has 28 heavy (non-hydrogen) atoms. The maximum absolute atomic E-state index is 9.01. The summed E-state index contributed by atoms with van der Waals surface area (Å²) in [7, 11) is 0. The topological polar surface area (TPSA) is 83.0 Å². The first-order valence-electron chi connectivity index (χ1n) is 9.58. The number of nitrogens with one attached hydrogen (secondary N) is 2. The number of aliphatic hydroxyl groups is 1. The number of anilines is 3. The third-order valence-corrected chi connectivity index (χ3v) is 4.47. The van der Waals surface area contributed by atoms with Gasteiger partial charge >= 0.3 is 0 Å². The molecule has 0 saturated carbocycles. The van der Waals surface area contributed by atoms with Gasteiger partial charge in [-0.3, -0.25) is 4.98 Å². The van der Waals surface area contributed by atoms with Crippen LogP contribution in [0.5, 0.6) is 0 Å². The Morgan fingerprint density at radius 1 is 1.11 bits per heavy atom. The molecular weight excluding hydrogens is 350 g/mol. The zero-order valence-electron chi connectivity index (χ0n) is 16.6. The monoisotopic (exact) mass is 377 g/mol. The third kappa shape index (κ3) is 5.04. The Hall–Kier alpha value is -2.99. The van der Waals surface area contributed by atoms with Crippen LogP contribution in [0.25, 0.3) is 11.3 Å². The molecule has 6 heteroatoms. The van der Waals surface area contributed by atoms with Crippen LogP contribution >= 0.6 is 0 Å². The molecule has 146 valence electrons. The number of aromatic nitrogens is 3. The van der Waals surface area contributed by atoms with Crippen LogP contribution < -0.4 is 10.6 Å². The van der Waals surface area contributed by atoms with Gasteiger partial charge in [-0.15, -0.1) is 0 Å². The maximum atomic E-state index is 9.01. The summed E-state index contributed by atoms with van der Waals surface area (Å²) < 4.78 is 0. The summed E-state index contributed by atoms with van der Waals surface area (Å²) in [6.07, 6.45) is 4.16. The highest BCUT2D eigenvalue weighted by molar-refractivity contribution is 5.67. The van der Waals surface area contributed by atoms with Crippen LogP contribution in [0.1, 0.15) is 37.3 Å². The lowest BCUT2D eigenvalue weighted by molar-refractivity contribution is 0.292. The van der Waals surface area contributed by atoms with Gasteiger partial charge in [0.2, 0.25) is 5.95 Å². The molecule has 0 spiro atoms. The number of pyridine rings is 1. The van der Waals surface area contributed by atoms with Gasteiger partial charge in [0.25, 0.3) is 0 Å². The molecule has 2 aromatic heterocycles. The Bertz CT molecular complexity index is 912. The molecule has 6 nitrogen and oxygen atoms in total. The fourth-order valence-corrected chi connectivity index (χ4v) is 3.08. The van der Waals surface area contributed by atoms with Crippen molar-refractivity contribution in [3.63, 3.8) is 0 Å². The second kappa shape index (κ2) is 9.28. The molecule has 0 aliphatic rings. The van der Waals surface area contributed by atoms with Crippen LogP contribution in [0.4, 0.5) is 17.5 Å². The molecule has 1 aromatic carbocycles. The molecule has 0 fully saturated rings. The lowest BCUT2D eigenvalue weighted by Gasteiger charge is -2.14. The first-order chi connectivity index (χ1) is 13.6. The quantitative estimate of drug-likeness (QED) is 0.501. The van der Waals surface area contributed by atoms with E-state index in [0.29, 0.717) is 30.6 Å². The minimum atomic E-state index is 0.127. The Balaban J connectivity index is 1.90. The number of hydrogen-bond donors (Lipinski definition) is 3. The van der Waals surface area contributed by atoms with E-state index in [1.807, 2.05) is 18.2 Å². The molecule has 3 rings (SSSR count). The minimum absolute atomic E-state index is 0.127. The van der Waals surface area contributed by atoms with Crippen LogP contribution in [0, 0.1) is 6.92 Å². The van der Waals surface area contributed by atoms with Crippen molar-refractivity contribution in [2.45, 2.75) is 33.1 Å². The summed E-state index contributed by atoms with van der Waals surface area (Å²) >= 11 is 0. The van der Waals surface area contributed by atoms with Crippen LogP contribution in [-0.2, 0) is 0 Å². The molecule has 0 unspecified atom stereocenters. The Kier molecular flexibility index (Phi) is 6.55. The van der Waals surface area contributed by atoms with Gasteiger partial charge in [-0.25, -0.2) is 4.98 Å². The molecule has 0 radical (unpaired) electrons. The standard InChI is InChI=1S/C22H27N5O/c1-15(2)19-8-7-18(12-16(19)3)25-21-13-20(17-6-4-9-23-14-17)26-22(27-21)24-10-5-11-28/h4,6-9,12-15,28H,5,10-11H2,1-3H3,(H2,24,25,26,27). The van der Waals surface area contributed by atoms with Crippen molar-refractivity contribution in [2.24, 2.45) is 0 Å². The molecule has 0 saturated heterocycles. The average molecular weight is 377 g/mol. The van der Waals surface area contributed by atoms with Crippen molar-refractivity contribution in [1.29, 1.82) is 0 Å². The molecule has 0 atom stereocenters. The van der Waals surface area contributed by atoms with Crippen molar-refractivity contribution in [2.75, 3.05) is 23.8 Å². The van der Waals surface area contributed by atoms with Gasteiger partial charge in [-0.1, -0.05) is 19.9 Å². The summed E-state index contributed by atoms with van der Waals surface area (Å²) in [6.45, 7) is 7.26. The first kappa shape index (κ1) is 19.8. The molecule has 0 bridgehead atoms. The van der Waals surface area contributed by atoms with Gasteiger partial charge in [0, 0.05) is 42.9 Å². The van der Waals surface area contributed by atoms with Crippen molar-refractivity contribution in [3.8, 4) is 11.3 Å². The number of aryl methyl sites for hydroxylation is 1. The molecule has 2 heterocycles. The summed E-state index contributed by atoms with van der Waals surface area (Å²) in [4.78, 5) is 13.3. The summed E-state index contributed by atoms with van der Waals surface area (Å²) in [5, 5.41) is 15.6. The predicted molar refractivity (Wildman–Crippen MR) is 114 cm³/mol. The second-order valence-electron chi connectivity index (χ2n) is 7.06. The normalized spacial score (nSPS) is 10.9. The molecule has 0 aliphatic heterocycles. The van der Waals surface area contributed by atoms with Gasteiger partial charge in [-0.05, 0) is 54.7 Å². The minimum Gasteiger partial charge on any atom is -0.396 e. The lowest BCUT2D eigenvalue weighted by Crippen LogP contribution is -2.09.